The first kappa shape index (κ1) is 21.6. The van der Waals surface area contributed by atoms with Crippen molar-refractivity contribution in [3.63, 3.8) is 0 Å². The van der Waals surface area contributed by atoms with Gasteiger partial charge in [-0.2, -0.15) is 0 Å². The lowest BCUT2D eigenvalue weighted by Gasteiger charge is -2.15. The Kier molecular flexibility index (Phi) is 6.23. The van der Waals surface area contributed by atoms with E-state index in [-0.39, 0.29) is 17.4 Å². The molecule has 0 saturated heterocycles. The number of fused-ring (bicyclic) bond motifs is 1. The van der Waals surface area contributed by atoms with Gasteiger partial charge in [0.2, 0.25) is 5.95 Å². The van der Waals surface area contributed by atoms with Gasteiger partial charge in [-0.15, -0.1) is 0 Å². The van der Waals surface area contributed by atoms with E-state index in [1.807, 2.05) is 39.0 Å². The van der Waals surface area contributed by atoms with Gasteiger partial charge in [0.1, 0.15) is 5.03 Å². The van der Waals surface area contributed by atoms with Crippen LogP contribution >= 0.6 is 11.8 Å². The van der Waals surface area contributed by atoms with Gasteiger partial charge in [0.25, 0.3) is 11.5 Å². The second-order valence-corrected chi connectivity index (χ2v) is 8.34. The largest absolute Gasteiger partial charge is 0.277 e. The van der Waals surface area contributed by atoms with Crippen LogP contribution in [0, 0.1) is 13.8 Å². The summed E-state index contributed by atoms with van der Waals surface area (Å²) < 4.78 is 1.48. The fraction of sp³-hybridized carbons (Fsp3) is 0.167. The van der Waals surface area contributed by atoms with Crippen molar-refractivity contribution in [2.45, 2.75) is 37.2 Å². The van der Waals surface area contributed by atoms with Crippen molar-refractivity contribution in [2.24, 2.45) is 0 Å². The van der Waals surface area contributed by atoms with Crippen LogP contribution in [0.1, 0.15) is 28.4 Å². The predicted molar refractivity (Wildman–Crippen MR) is 127 cm³/mol. The minimum atomic E-state index is -0.365. The van der Waals surface area contributed by atoms with Gasteiger partial charge in [0, 0.05) is 17.6 Å². The lowest BCUT2D eigenvalue weighted by Crippen LogP contribution is -2.34. The average Bonchev–Trinajstić information content (AvgIpc) is 2.80. The Morgan fingerprint density at radius 1 is 1.09 bits per heavy atom. The van der Waals surface area contributed by atoms with Gasteiger partial charge in [-0.05, 0) is 56.7 Å². The molecule has 2 N–H and O–H groups in total. The van der Waals surface area contributed by atoms with Crippen molar-refractivity contribution in [3.8, 4) is 0 Å². The third kappa shape index (κ3) is 4.36. The van der Waals surface area contributed by atoms with Gasteiger partial charge in [-0.25, -0.2) is 9.97 Å². The number of nitrogens with one attached hydrogen (secondary N) is 2. The molecule has 4 rings (SSSR count). The summed E-state index contributed by atoms with van der Waals surface area (Å²) in [6, 6.07) is 16.7. The Hall–Kier alpha value is -3.65. The van der Waals surface area contributed by atoms with E-state index < -0.39 is 0 Å². The number of benzene rings is 2. The molecule has 0 aliphatic rings. The van der Waals surface area contributed by atoms with Gasteiger partial charge in [0.05, 0.1) is 16.5 Å². The molecule has 7 nitrogen and oxygen atoms in total. The number of carbonyl (C=O) groups excluding carboxylic acids is 1. The number of rotatable bonds is 6. The maximum atomic E-state index is 13.0. The van der Waals surface area contributed by atoms with E-state index in [4.69, 9.17) is 0 Å². The Balaban J connectivity index is 1.59. The first-order valence-corrected chi connectivity index (χ1v) is 11.1. The normalized spacial score (nSPS) is 10.8. The molecule has 32 heavy (non-hydrogen) atoms. The maximum absolute atomic E-state index is 13.0. The van der Waals surface area contributed by atoms with Crippen LogP contribution in [0.2, 0.25) is 0 Å². The van der Waals surface area contributed by atoms with Crippen molar-refractivity contribution < 1.29 is 4.79 Å². The van der Waals surface area contributed by atoms with E-state index in [9.17, 15) is 9.59 Å². The van der Waals surface area contributed by atoms with Crippen LogP contribution in [0.4, 0.5) is 5.95 Å². The number of aromatic nitrogens is 3. The van der Waals surface area contributed by atoms with Crippen LogP contribution in [0.25, 0.3) is 10.9 Å². The van der Waals surface area contributed by atoms with Crippen LogP contribution in [0.3, 0.4) is 0 Å². The minimum Gasteiger partial charge on any atom is -0.277 e. The van der Waals surface area contributed by atoms with Crippen LogP contribution in [-0.4, -0.2) is 20.4 Å². The highest BCUT2D eigenvalue weighted by Crippen LogP contribution is 2.31. The monoisotopic (exact) mass is 445 g/mol. The molecule has 0 atom stereocenters. The summed E-state index contributed by atoms with van der Waals surface area (Å²) in [6.45, 7) is 6.35. The highest BCUT2D eigenvalue weighted by Gasteiger charge is 2.16. The van der Waals surface area contributed by atoms with Gasteiger partial charge < -0.3 is 0 Å². The Bertz CT molecular complexity index is 1370. The molecule has 0 radical (unpaired) electrons. The van der Waals surface area contributed by atoms with E-state index in [0.29, 0.717) is 28.0 Å². The molecule has 1 amide bonds. The first-order valence-electron chi connectivity index (χ1n) is 10.2. The number of pyridine rings is 1. The summed E-state index contributed by atoms with van der Waals surface area (Å²) in [4.78, 5) is 35.7. The molecule has 0 aliphatic heterocycles. The molecule has 0 unspecified atom stereocenters. The van der Waals surface area contributed by atoms with Crippen molar-refractivity contribution in [3.05, 3.63) is 87.8 Å². The first-order chi connectivity index (χ1) is 15.5. The average molecular weight is 446 g/mol. The molecule has 2 aromatic heterocycles. The van der Waals surface area contributed by atoms with Crippen LogP contribution in [0.5, 0.6) is 0 Å². The lowest BCUT2D eigenvalue weighted by atomic mass is 10.2. The van der Waals surface area contributed by atoms with Crippen molar-refractivity contribution in [1.82, 2.24) is 20.0 Å². The number of carbonyl (C=O) groups is 1. The third-order valence-electron chi connectivity index (χ3n) is 5.02. The van der Waals surface area contributed by atoms with Crippen molar-refractivity contribution >= 4 is 34.5 Å². The minimum absolute atomic E-state index is 0.165. The fourth-order valence-corrected chi connectivity index (χ4v) is 4.35. The molecule has 0 saturated carbocycles. The second-order valence-electron chi connectivity index (χ2n) is 7.31. The third-order valence-corrected chi connectivity index (χ3v) is 6.22. The zero-order chi connectivity index (χ0) is 22.7. The summed E-state index contributed by atoms with van der Waals surface area (Å²) in [5.41, 5.74) is 8.62. The number of amides is 1. The van der Waals surface area contributed by atoms with Crippen molar-refractivity contribution in [2.75, 3.05) is 5.43 Å². The van der Waals surface area contributed by atoms with E-state index >= 15 is 0 Å². The van der Waals surface area contributed by atoms with E-state index in [0.717, 1.165) is 10.5 Å². The molecule has 4 aromatic rings. The zero-order valence-electron chi connectivity index (χ0n) is 18.0. The summed E-state index contributed by atoms with van der Waals surface area (Å²) >= 11 is 1.44. The molecular formula is C24H23N5O2S. The van der Waals surface area contributed by atoms with Gasteiger partial charge in [-0.3, -0.25) is 25.0 Å². The summed E-state index contributed by atoms with van der Waals surface area (Å²) in [6.07, 6.45) is 1.66. The molecule has 8 heteroatoms. The quantitative estimate of drug-likeness (QED) is 0.429. The van der Waals surface area contributed by atoms with Crippen LogP contribution in [0.15, 0.2) is 75.5 Å². The van der Waals surface area contributed by atoms with Gasteiger partial charge in [-0.1, -0.05) is 41.6 Å². The summed E-state index contributed by atoms with van der Waals surface area (Å²) in [5.74, 6) is -0.0903. The smallest absolute Gasteiger partial charge is 0.272 e. The molecule has 2 heterocycles. The van der Waals surface area contributed by atoms with E-state index in [2.05, 4.69) is 26.9 Å². The molecule has 0 fully saturated rings. The summed E-state index contributed by atoms with van der Waals surface area (Å²) in [5, 5.41) is 1.13. The van der Waals surface area contributed by atoms with E-state index in [1.165, 1.54) is 21.9 Å². The number of anilines is 1. The van der Waals surface area contributed by atoms with Gasteiger partial charge >= 0.3 is 0 Å². The molecule has 0 bridgehead atoms. The number of para-hydroxylation sites is 1. The SMILES string of the molecule is CCn1c(NNC(=O)c2cccnc2Sc2ccc(C)cc2C)nc2ccccc2c1=O. The molecular weight excluding hydrogens is 422 g/mol. The Morgan fingerprint density at radius 3 is 2.69 bits per heavy atom. The molecule has 162 valence electrons. The number of hydrogen-bond acceptors (Lipinski definition) is 6. The number of nitrogens with zero attached hydrogens (tertiary/aromatic N) is 3. The summed E-state index contributed by atoms with van der Waals surface area (Å²) in [7, 11) is 0. The van der Waals surface area contributed by atoms with Gasteiger partial charge in [0.15, 0.2) is 0 Å². The molecule has 0 aliphatic carbocycles. The second kappa shape index (κ2) is 9.23. The lowest BCUT2D eigenvalue weighted by molar-refractivity contribution is 0.0958. The number of hydrazine groups is 1. The van der Waals surface area contributed by atoms with E-state index in [1.54, 1.807) is 36.5 Å². The Morgan fingerprint density at radius 2 is 1.91 bits per heavy atom. The predicted octanol–water partition coefficient (Wildman–Crippen LogP) is 4.34. The van der Waals surface area contributed by atoms with Crippen molar-refractivity contribution in [1.29, 1.82) is 0 Å². The fourth-order valence-electron chi connectivity index (χ4n) is 3.40. The number of hydrogen-bond donors (Lipinski definition) is 2. The highest BCUT2D eigenvalue weighted by molar-refractivity contribution is 7.99. The number of aryl methyl sites for hydroxylation is 2. The Labute approximate surface area is 189 Å². The standard InChI is InChI=1S/C24H23N5O2S/c1-4-29-23(31)17-8-5-6-10-19(17)26-24(29)28-27-21(30)18-9-7-13-25-22(18)32-20-12-11-15(2)14-16(20)3/h5-14H,4H2,1-3H3,(H,26,28)(H,27,30). The topological polar surface area (TPSA) is 88.9 Å². The molecule has 0 spiro atoms. The zero-order valence-corrected chi connectivity index (χ0v) is 18.9. The van der Waals surface area contributed by atoms with Crippen LogP contribution in [-0.2, 0) is 6.54 Å². The van der Waals surface area contributed by atoms with Crippen LogP contribution < -0.4 is 16.4 Å². The highest BCUT2D eigenvalue weighted by atomic mass is 32.2. The maximum Gasteiger partial charge on any atom is 0.272 e. The molecule has 2 aromatic carbocycles.